The Morgan fingerprint density at radius 3 is 2.50 bits per heavy atom. The lowest BCUT2D eigenvalue weighted by molar-refractivity contribution is 0.361. The van der Waals surface area contributed by atoms with E-state index in [1.165, 1.54) is 32.1 Å². The van der Waals surface area contributed by atoms with Gasteiger partial charge in [-0.15, -0.1) is 0 Å². The Kier molecular flexibility index (Phi) is 3.57. The molecule has 0 amide bonds. The molecule has 10 heavy (non-hydrogen) atoms. The second kappa shape index (κ2) is 4.24. The van der Waals surface area contributed by atoms with Gasteiger partial charge in [-0.1, -0.05) is 32.6 Å². The standard InChI is InChI=1S/C8H17NS/c1-2-7-9(10)8-5-3-4-6-8/h8,10H,2-7H2,1H3. The zero-order valence-corrected chi connectivity index (χ0v) is 7.61. The predicted molar refractivity (Wildman–Crippen MR) is 48.2 cm³/mol. The van der Waals surface area contributed by atoms with E-state index in [0.29, 0.717) is 0 Å². The monoisotopic (exact) mass is 159 g/mol. The van der Waals surface area contributed by atoms with Crippen LogP contribution in [0.3, 0.4) is 0 Å². The number of rotatable bonds is 3. The minimum absolute atomic E-state index is 0.781. The number of thiol groups is 1. The van der Waals surface area contributed by atoms with Gasteiger partial charge < -0.3 is 0 Å². The summed E-state index contributed by atoms with van der Waals surface area (Å²) in [4.78, 5) is 0. The van der Waals surface area contributed by atoms with Gasteiger partial charge in [0, 0.05) is 12.6 Å². The molecule has 0 unspecified atom stereocenters. The van der Waals surface area contributed by atoms with Gasteiger partial charge in [-0.2, -0.15) is 0 Å². The summed E-state index contributed by atoms with van der Waals surface area (Å²) in [7, 11) is 0. The fourth-order valence-electron chi connectivity index (χ4n) is 1.61. The Balaban J connectivity index is 2.18. The van der Waals surface area contributed by atoms with E-state index in [0.717, 1.165) is 12.6 Å². The van der Waals surface area contributed by atoms with Crippen LogP contribution in [0.15, 0.2) is 0 Å². The summed E-state index contributed by atoms with van der Waals surface area (Å²) in [6.07, 6.45) is 6.77. The van der Waals surface area contributed by atoms with Crippen LogP contribution in [0.1, 0.15) is 39.0 Å². The van der Waals surface area contributed by atoms with Crippen molar-refractivity contribution in [2.24, 2.45) is 0 Å². The van der Waals surface area contributed by atoms with E-state index >= 15 is 0 Å². The molecule has 0 aromatic heterocycles. The first-order valence-electron chi connectivity index (χ1n) is 4.30. The molecule has 1 aliphatic carbocycles. The molecular formula is C8H17NS. The molecule has 60 valence electrons. The van der Waals surface area contributed by atoms with E-state index in [-0.39, 0.29) is 0 Å². The van der Waals surface area contributed by atoms with Gasteiger partial charge in [0.25, 0.3) is 0 Å². The second-order valence-electron chi connectivity index (χ2n) is 3.10. The van der Waals surface area contributed by atoms with E-state index in [4.69, 9.17) is 0 Å². The maximum Gasteiger partial charge on any atom is 0.0200 e. The third kappa shape index (κ3) is 2.17. The van der Waals surface area contributed by atoms with Crippen LogP contribution < -0.4 is 0 Å². The smallest absolute Gasteiger partial charge is 0.0200 e. The van der Waals surface area contributed by atoms with Crippen molar-refractivity contribution in [2.75, 3.05) is 6.54 Å². The first-order chi connectivity index (χ1) is 4.84. The van der Waals surface area contributed by atoms with Crippen molar-refractivity contribution in [1.82, 2.24) is 4.31 Å². The van der Waals surface area contributed by atoms with Gasteiger partial charge in [0.15, 0.2) is 0 Å². The average molecular weight is 159 g/mol. The number of hydrogen-bond donors (Lipinski definition) is 1. The first-order valence-corrected chi connectivity index (χ1v) is 4.70. The molecule has 1 aliphatic rings. The third-order valence-corrected chi connectivity index (χ3v) is 2.73. The van der Waals surface area contributed by atoms with Crippen LogP contribution in [-0.4, -0.2) is 16.9 Å². The maximum absolute atomic E-state index is 4.44. The fraction of sp³-hybridized carbons (Fsp3) is 1.00. The van der Waals surface area contributed by atoms with E-state index in [2.05, 4.69) is 24.0 Å². The highest BCUT2D eigenvalue weighted by Gasteiger charge is 2.18. The van der Waals surface area contributed by atoms with Crippen molar-refractivity contribution in [3.05, 3.63) is 0 Å². The minimum atomic E-state index is 0.781. The lowest BCUT2D eigenvalue weighted by Gasteiger charge is -2.21. The maximum atomic E-state index is 4.44. The summed E-state index contributed by atoms with van der Waals surface area (Å²) < 4.78 is 2.22. The fourth-order valence-corrected chi connectivity index (χ4v) is 2.04. The quantitative estimate of drug-likeness (QED) is 0.619. The van der Waals surface area contributed by atoms with Crippen molar-refractivity contribution in [1.29, 1.82) is 0 Å². The Morgan fingerprint density at radius 2 is 2.00 bits per heavy atom. The van der Waals surface area contributed by atoms with Gasteiger partial charge >= 0.3 is 0 Å². The summed E-state index contributed by atoms with van der Waals surface area (Å²) >= 11 is 4.44. The SMILES string of the molecule is CCCN(S)C1CCCC1. The molecule has 0 heterocycles. The normalized spacial score (nSPS) is 20.7. The molecule has 0 radical (unpaired) electrons. The topological polar surface area (TPSA) is 3.24 Å². The molecule has 1 fully saturated rings. The molecule has 0 bridgehead atoms. The minimum Gasteiger partial charge on any atom is -0.250 e. The predicted octanol–water partition coefficient (Wildman–Crippen LogP) is 2.49. The molecular weight excluding hydrogens is 142 g/mol. The van der Waals surface area contributed by atoms with Crippen molar-refractivity contribution < 1.29 is 0 Å². The summed E-state index contributed by atoms with van der Waals surface area (Å²) in [5, 5.41) is 0. The molecule has 0 aliphatic heterocycles. The Hall–Kier alpha value is 0.310. The third-order valence-electron chi connectivity index (χ3n) is 2.20. The summed E-state index contributed by atoms with van der Waals surface area (Å²) in [5.41, 5.74) is 0. The Morgan fingerprint density at radius 1 is 1.40 bits per heavy atom. The molecule has 0 aromatic rings. The summed E-state index contributed by atoms with van der Waals surface area (Å²) in [6, 6.07) is 0.781. The first kappa shape index (κ1) is 8.41. The molecule has 1 nitrogen and oxygen atoms in total. The van der Waals surface area contributed by atoms with Crippen LogP contribution >= 0.6 is 12.8 Å². The van der Waals surface area contributed by atoms with Crippen LogP contribution in [-0.2, 0) is 0 Å². The summed E-state index contributed by atoms with van der Waals surface area (Å²) in [5.74, 6) is 0. The number of nitrogens with zero attached hydrogens (tertiary/aromatic N) is 1. The molecule has 0 aromatic carbocycles. The van der Waals surface area contributed by atoms with Crippen molar-refractivity contribution in [3.63, 3.8) is 0 Å². The molecule has 0 N–H and O–H groups in total. The Bertz CT molecular complexity index is 89.3. The molecule has 0 spiro atoms. The van der Waals surface area contributed by atoms with Crippen LogP contribution in [0.2, 0.25) is 0 Å². The Labute approximate surface area is 69.3 Å². The van der Waals surface area contributed by atoms with Gasteiger partial charge in [0.05, 0.1) is 0 Å². The van der Waals surface area contributed by atoms with Gasteiger partial charge in [-0.25, -0.2) is 0 Å². The molecule has 0 saturated heterocycles. The second-order valence-corrected chi connectivity index (χ2v) is 3.62. The van der Waals surface area contributed by atoms with Crippen molar-refractivity contribution >= 4 is 12.8 Å². The van der Waals surface area contributed by atoms with Crippen LogP contribution in [0, 0.1) is 0 Å². The van der Waals surface area contributed by atoms with Crippen LogP contribution in [0.25, 0.3) is 0 Å². The molecule has 1 saturated carbocycles. The zero-order valence-electron chi connectivity index (χ0n) is 6.71. The summed E-state index contributed by atoms with van der Waals surface area (Å²) in [6.45, 7) is 3.35. The molecule has 0 atom stereocenters. The molecule has 1 rings (SSSR count). The van der Waals surface area contributed by atoms with E-state index < -0.39 is 0 Å². The largest absolute Gasteiger partial charge is 0.250 e. The van der Waals surface area contributed by atoms with E-state index in [1.807, 2.05) is 0 Å². The zero-order chi connectivity index (χ0) is 7.40. The van der Waals surface area contributed by atoms with Crippen molar-refractivity contribution in [3.8, 4) is 0 Å². The highest BCUT2D eigenvalue weighted by atomic mass is 32.1. The lowest BCUT2D eigenvalue weighted by atomic mass is 10.2. The van der Waals surface area contributed by atoms with Gasteiger partial charge in [0.2, 0.25) is 0 Å². The van der Waals surface area contributed by atoms with E-state index in [1.54, 1.807) is 0 Å². The number of hydrogen-bond acceptors (Lipinski definition) is 2. The lowest BCUT2D eigenvalue weighted by Crippen LogP contribution is -2.24. The van der Waals surface area contributed by atoms with Gasteiger partial charge in [0.1, 0.15) is 0 Å². The highest BCUT2D eigenvalue weighted by Crippen LogP contribution is 2.24. The van der Waals surface area contributed by atoms with Crippen molar-refractivity contribution in [2.45, 2.75) is 45.1 Å². The van der Waals surface area contributed by atoms with Gasteiger partial charge in [-0.05, 0) is 19.3 Å². The molecule has 2 heteroatoms. The van der Waals surface area contributed by atoms with Gasteiger partial charge in [-0.3, -0.25) is 4.31 Å². The average Bonchev–Trinajstić information content (AvgIpc) is 2.38. The van der Waals surface area contributed by atoms with Crippen LogP contribution in [0.5, 0.6) is 0 Å². The van der Waals surface area contributed by atoms with E-state index in [9.17, 15) is 0 Å². The highest BCUT2D eigenvalue weighted by molar-refractivity contribution is 7.77. The van der Waals surface area contributed by atoms with Crippen LogP contribution in [0.4, 0.5) is 0 Å².